The van der Waals surface area contributed by atoms with Gasteiger partial charge < -0.3 is 25.8 Å². The molecule has 10 heteroatoms. The fraction of sp³-hybridized carbons (Fsp3) is 0.300. The minimum absolute atomic E-state index is 0.140. The Kier molecular flexibility index (Phi) is 9.81. The molecule has 8 nitrogen and oxygen atoms in total. The third-order valence-corrected chi connectivity index (χ3v) is 7.68. The van der Waals surface area contributed by atoms with Crippen molar-refractivity contribution in [3.05, 3.63) is 105 Å². The average molecular weight is 585 g/mol. The van der Waals surface area contributed by atoms with Gasteiger partial charge in [0.25, 0.3) is 5.91 Å². The smallest absolute Gasteiger partial charge is 0.312 e. The number of rotatable bonds is 6. The lowest BCUT2D eigenvalue weighted by Gasteiger charge is -2.45. The molecule has 40 heavy (non-hydrogen) atoms. The molecule has 4 N–H and O–H groups in total. The molecule has 3 aromatic carbocycles. The zero-order valence-electron chi connectivity index (χ0n) is 21.9. The van der Waals surface area contributed by atoms with Gasteiger partial charge in [0.05, 0.1) is 37.1 Å². The Morgan fingerprint density at radius 2 is 1.73 bits per heavy atom. The highest BCUT2D eigenvalue weighted by atomic mass is 35.5. The van der Waals surface area contributed by atoms with Crippen LogP contribution in [0.3, 0.4) is 0 Å². The Labute approximate surface area is 243 Å². The Bertz CT molecular complexity index is 1370. The van der Waals surface area contributed by atoms with Crippen LogP contribution in [-0.2, 0) is 20.9 Å². The van der Waals surface area contributed by atoms with Gasteiger partial charge in [0.2, 0.25) is 5.91 Å². The molecular weight excluding hydrogens is 553 g/mol. The van der Waals surface area contributed by atoms with E-state index in [0.717, 1.165) is 5.56 Å². The number of carbonyl (C=O) groups excluding carboxylic acids is 3. The number of amides is 2. The molecule has 3 aromatic rings. The second-order valence-electron chi connectivity index (χ2n) is 9.52. The second-order valence-corrected chi connectivity index (χ2v) is 10.4. The molecule has 210 valence electrons. The van der Waals surface area contributed by atoms with Crippen molar-refractivity contribution in [1.29, 1.82) is 0 Å². The third kappa shape index (κ3) is 6.15. The highest BCUT2D eigenvalue weighted by molar-refractivity contribution is 6.35. The Hall–Kier alpha value is -3.43. The number of carbonyl (C=O) groups is 3. The van der Waals surface area contributed by atoms with Gasteiger partial charge in [-0.15, -0.1) is 0 Å². The topological polar surface area (TPSA) is 122 Å². The molecule has 0 aliphatic carbocycles. The van der Waals surface area contributed by atoms with Gasteiger partial charge in [0.15, 0.2) is 0 Å². The third-order valence-electron chi connectivity index (χ3n) is 7.12. The van der Waals surface area contributed by atoms with E-state index in [9.17, 15) is 14.4 Å². The van der Waals surface area contributed by atoms with Crippen LogP contribution in [0.5, 0.6) is 0 Å². The van der Waals surface area contributed by atoms with Gasteiger partial charge in [0.1, 0.15) is 0 Å². The van der Waals surface area contributed by atoms with E-state index in [-0.39, 0.29) is 19.1 Å². The first-order valence-corrected chi connectivity index (χ1v) is 13.7. The van der Waals surface area contributed by atoms with Crippen molar-refractivity contribution in [2.75, 3.05) is 19.7 Å². The number of hydrogen-bond acceptors (Lipinski definition) is 6. The molecule has 0 saturated carbocycles. The largest absolute Gasteiger partial charge is 0.466 e. The van der Waals surface area contributed by atoms with Crippen LogP contribution in [0, 0.1) is 5.92 Å². The first-order valence-electron chi connectivity index (χ1n) is 13.0. The zero-order chi connectivity index (χ0) is 28.8. The SMILES string of the molecule is CCOC(=O)C1CNCC1N1C(=O)c2ccccc2C(C(N)=O)C1c1ccc(Cl)cc1Cl.OCc1ccccc1. The van der Waals surface area contributed by atoms with Crippen LogP contribution >= 0.6 is 23.2 Å². The summed E-state index contributed by atoms with van der Waals surface area (Å²) in [5, 5.41) is 12.5. The van der Waals surface area contributed by atoms with E-state index in [2.05, 4.69) is 5.32 Å². The molecule has 1 saturated heterocycles. The molecule has 0 radical (unpaired) electrons. The fourth-order valence-electron chi connectivity index (χ4n) is 5.33. The number of ether oxygens (including phenoxy) is 1. The zero-order valence-corrected chi connectivity index (χ0v) is 23.4. The highest BCUT2D eigenvalue weighted by Crippen LogP contribution is 2.47. The van der Waals surface area contributed by atoms with Gasteiger partial charge in [-0.2, -0.15) is 0 Å². The van der Waals surface area contributed by atoms with E-state index in [4.69, 9.17) is 38.8 Å². The molecule has 2 aliphatic rings. The van der Waals surface area contributed by atoms with Crippen molar-refractivity contribution >= 4 is 41.0 Å². The molecule has 4 atom stereocenters. The molecule has 0 bridgehead atoms. The molecule has 1 fully saturated rings. The highest BCUT2D eigenvalue weighted by Gasteiger charge is 2.50. The van der Waals surface area contributed by atoms with Crippen molar-refractivity contribution in [2.45, 2.75) is 31.5 Å². The summed E-state index contributed by atoms with van der Waals surface area (Å²) in [4.78, 5) is 40.8. The van der Waals surface area contributed by atoms with E-state index >= 15 is 0 Å². The lowest BCUT2D eigenvalue weighted by molar-refractivity contribution is -0.149. The van der Waals surface area contributed by atoms with Crippen LogP contribution < -0.4 is 11.1 Å². The maximum absolute atomic E-state index is 13.8. The molecule has 2 amide bonds. The van der Waals surface area contributed by atoms with E-state index < -0.39 is 35.8 Å². The summed E-state index contributed by atoms with van der Waals surface area (Å²) in [7, 11) is 0. The molecule has 0 spiro atoms. The molecule has 2 heterocycles. The standard InChI is InChI=1S/C23H23Cl2N3O4.C7H8O/c1-2-32-23(31)16-10-27-11-18(16)28-20(15-8-7-12(24)9-17(15)25)19(21(26)29)13-5-3-4-6-14(13)22(28)30;8-6-7-4-2-1-3-5-7/h3-9,16,18-20,27H,2,10-11H2,1H3,(H2,26,29);1-5,8H,6H2. The number of primary amides is 1. The van der Waals surface area contributed by atoms with Crippen LogP contribution in [0.25, 0.3) is 0 Å². The van der Waals surface area contributed by atoms with Crippen LogP contribution in [0.2, 0.25) is 10.0 Å². The average Bonchev–Trinajstić information content (AvgIpc) is 3.43. The Morgan fingerprint density at radius 1 is 1.02 bits per heavy atom. The van der Waals surface area contributed by atoms with Crippen LogP contribution in [0.15, 0.2) is 72.8 Å². The van der Waals surface area contributed by atoms with Crippen LogP contribution in [0.1, 0.15) is 45.9 Å². The first kappa shape index (κ1) is 29.6. The number of aliphatic hydroxyl groups is 1. The van der Waals surface area contributed by atoms with Crippen molar-refractivity contribution < 1.29 is 24.2 Å². The second kappa shape index (κ2) is 13.3. The monoisotopic (exact) mass is 583 g/mol. The number of hydrogen-bond donors (Lipinski definition) is 3. The van der Waals surface area contributed by atoms with Crippen LogP contribution in [0.4, 0.5) is 0 Å². The summed E-state index contributed by atoms with van der Waals surface area (Å²) in [6.07, 6.45) is 0. The number of halogens is 2. The molecule has 0 aromatic heterocycles. The van der Waals surface area contributed by atoms with E-state index in [1.807, 2.05) is 30.3 Å². The first-order chi connectivity index (χ1) is 19.3. The number of benzene rings is 3. The van der Waals surface area contributed by atoms with E-state index in [1.54, 1.807) is 54.3 Å². The van der Waals surface area contributed by atoms with Gasteiger partial charge in [-0.05, 0) is 41.8 Å². The number of nitrogens with one attached hydrogen (secondary N) is 1. The summed E-state index contributed by atoms with van der Waals surface area (Å²) in [5.41, 5.74) is 8.31. The minimum atomic E-state index is -0.856. The van der Waals surface area contributed by atoms with Gasteiger partial charge in [-0.3, -0.25) is 14.4 Å². The summed E-state index contributed by atoms with van der Waals surface area (Å²) in [6, 6.07) is 20.0. The lowest BCUT2D eigenvalue weighted by Crippen LogP contribution is -2.54. The number of nitrogens with two attached hydrogens (primary N) is 1. The number of esters is 1. The number of nitrogens with zero attached hydrogens (tertiary/aromatic N) is 1. The maximum Gasteiger partial charge on any atom is 0.312 e. The molecule has 4 unspecified atom stereocenters. The summed E-state index contributed by atoms with van der Waals surface area (Å²) < 4.78 is 5.25. The van der Waals surface area contributed by atoms with Gasteiger partial charge in [-0.25, -0.2) is 0 Å². The van der Waals surface area contributed by atoms with E-state index in [1.165, 1.54) is 0 Å². The molecular formula is C30H31Cl2N3O5. The maximum atomic E-state index is 13.8. The van der Waals surface area contributed by atoms with Crippen molar-refractivity contribution in [3.63, 3.8) is 0 Å². The van der Waals surface area contributed by atoms with Gasteiger partial charge in [0, 0.05) is 28.7 Å². The van der Waals surface area contributed by atoms with Gasteiger partial charge >= 0.3 is 5.97 Å². The Morgan fingerprint density at radius 3 is 2.35 bits per heavy atom. The molecule has 5 rings (SSSR count). The van der Waals surface area contributed by atoms with Crippen molar-refractivity contribution in [1.82, 2.24) is 10.2 Å². The Balaban J connectivity index is 0.000000398. The van der Waals surface area contributed by atoms with Crippen molar-refractivity contribution in [2.24, 2.45) is 11.7 Å². The lowest BCUT2D eigenvalue weighted by atomic mass is 9.78. The van der Waals surface area contributed by atoms with Crippen molar-refractivity contribution in [3.8, 4) is 0 Å². The van der Waals surface area contributed by atoms with Gasteiger partial charge in [-0.1, -0.05) is 77.8 Å². The predicted molar refractivity (Wildman–Crippen MR) is 153 cm³/mol. The fourth-order valence-corrected chi connectivity index (χ4v) is 5.85. The summed E-state index contributed by atoms with van der Waals surface area (Å²) in [6.45, 7) is 2.83. The quantitative estimate of drug-likeness (QED) is 0.376. The number of aliphatic hydroxyl groups excluding tert-OH is 1. The number of fused-ring (bicyclic) bond motifs is 1. The van der Waals surface area contributed by atoms with Crippen LogP contribution in [-0.4, -0.2) is 53.5 Å². The summed E-state index contributed by atoms with van der Waals surface area (Å²) in [5.74, 6) is -2.73. The predicted octanol–water partition coefficient (Wildman–Crippen LogP) is 4.09. The van der Waals surface area contributed by atoms with E-state index in [0.29, 0.717) is 39.8 Å². The normalized spacial score (nSPS) is 21.7. The molecule has 2 aliphatic heterocycles. The minimum Gasteiger partial charge on any atom is -0.466 e. The summed E-state index contributed by atoms with van der Waals surface area (Å²) >= 11 is 12.6.